The molecule has 8 nitrogen and oxygen atoms in total. The molecule has 3 heterocycles. The number of carbonyl (C=O) groups is 1. The lowest BCUT2D eigenvalue weighted by molar-refractivity contribution is -0.115. The van der Waals surface area contributed by atoms with Gasteiger partial charge in [0, 0.05) is 37.3 Å². The topological polar surface area (TPSA) is 85.2 Å². The van der Waals surface area contributed by atoms with E-state index in [2.05, 4.69) is 25.5 Å². The van der Waals surface area contributed by atoms with Crippen molar-refractivity contribution in [3.05, 3.63) is 52.3 Å². The molecule has 0 spiro atoms. The molecule has 0 aliphatic carbocycles. The summed E-state index contributed by atoms with van der Waals surface area (Å²) in [6.07, 6.45) is 1.09. The SMILES string of the molecule is Cc1nn(-c2ccccc2)c(C)c1CC(=O)Nc1nnc(CCN2CCOCC2)s1. The van der Waals surface area contributed by atoms with E-state index in [1.807, 2.05) is 48.9 Å². The zero-order valence-corrected chi connectivity index (χ0v) is 18.1. The number of rotatable bonds is 7. The molecular weight excluding hydrogens is 400 g/mol. The summed E-state index contributed by atoms with van der Waals surface area (Å²) in [4.78, 5) is 15.0. The van der Waals surface area contributed by atoms with Crippen LogP contribution in [0.15, 0.2) is 30.3 Å². The Morgan fingerprint density at radius 3 is 2.70 bits per heavy atom. The molecule has 0 saturated carbocycles. The number of para-hydroxylation sites is 1. The molecule has 1 aromatic carbocycles. The van der Waals surface area contributed by atoms with Gasteiger partial charge in [0.15, 0.2) is 0 Å². The van der Waals surface area contributed by atoms with Crippen LogP contribution in [0.1, 0.15) is 22.0 Å². The minimum atomic E-state index is -0.107. The van der Waals surface area contributed by atoms with Gasteiger partial charge in [0.1, 0.15) is 5.01 Å². The Morgan fingerprint density at radius 1 is 1.17 bits per heavy atom. The molecule has 1 saturated heterocycles. The molecule has 1 amide bonds. The highest BCUT2D eigenvalue weighted by Gasteiger charge is 2.17. The zero-order chi connectivity index (χ0) is 20.9. The van der Waals surface area contributed by atoms with Gasteiger partial charge in [-0.05, 0) is 26.0 Å². The first-order valence-electron chi connectivity index (χ1n) is 10.1. The second-order valence-corrected chi connectivity index (χ2v) is 8.39. The molecule has 2 aromatic heterocycles. The third-order valence-electron chi connectivity index (χ3n) is 5.24. The van der Waals surface area contributed by atoms with Crippen LogP contribution < -0.4 is 5.32 Å². The summed E-state index contributed by atoms with van der Waals surface area (Å²) in [5.74, 6) is -0.107. The van der Waals surface area contributed by atoms with Gasteiger partial charge in [-0.3, -0.25) is 9.69 Å². The second-order valence-electron chi connectivity index (χ2n) is 7.33. The summed E-state index contributed by atoms with van der Waals surface area (Å²) in [5, 5.41) is 17.3. The third kappa shape index (κ3) is 4.92. The Hall–Kier alpha value is -2.62. The largest absolute Gasteiger partial charge is 0.379 e. The highest BCUT2D eigenvalue weighted by atomic mass is 32.1. The summed E-state index contributed by atoms with van der Waals surface area (Å²) in [6.45, 7) is 8.35. The Kier molecular flexibility index (Phi) is 6.51. The number of hydrogen-bond donors (Lipinski definition) is 1. The monoisotopic (exact) mass is 426 g/mol. The van der Waals surface area contributed by atoms with Crippen LogP contribution in [0.3, 0.4) is 0 Å². The van der Waals surface area contributed by atoms with Crippen molar-refractivity contribution in [2.24, 2.45) is 0 Å². The summed E-state index contributed by atoms with van der Waals surface area (Å²) in [6, 6.07) is 9.93. The molecule has 1 fully saturated rings. The molecule has 1 N–H and O–H groups in total. The van der Waals surface area contributed by atoms with Crippen molar-refractivity contribution < 1.29 is 9.53 Å². The molecule has 9 heteroatoms. The van der Waals surface area contributed by atoms with Crippen molar-refractivity contribution in [3.63, 3.8) is 0 Å². The predicted octanol–water partition coefficient (Wildman–Crippen LogP) is 2.40. The van der Waals surface area contributed by atoms with Crippen molar-refractivity contribution in [2.45, 2.75) is 26.7 Å². The minimum Gasteiger partial charge on any atom is -0.379 e. The lowest BCUT2D eigenvalue weighted by Gasteiger charge is -2.25. The molecule has 1 aliphatic heterocycles. The smallest absolute Gasteiger partial charge is 0.230 e. The van der Waals surface area contributed by atoms with Crippen molar-refractivity contribution in [1.82, 2.24) is 24.9 Å². The Morgan fingerprint density at radius 2 is 1.93 bits per heavy atom. The molecule has 3 aromatic rings. The molecule has 0 radical (unpaired) electrons. The molecule has 158 valence electrons. The summed E-state index contributed by atoms with van der Waals surface area (Å²) < 4.78 is 7.25. The van der Waals surface area contributed by atoms with Gasteiger partial charge in [-0.15, -0.1) is 10.2 Å². The van der Waals surface area contributed by atoms with Crippen molar-refractivity contribution in [1.29, 1.82) is 0 Å². The number of nitrogens with zero attached hydrogens (tertiary/aromatic N) is 5. The fourth-order valence-corrected chi connectivity index (χ4v) is 4.30. The molecular formula is C21H26N6O2S. The highest BCUT2D eigenvalue weighted by Crippen LogP contribution is 2.20. The summed E-state index contributed by atoms with van der Waals surface area (Å²) >= 11 is 1.44. The zero-order valence-electron chi connectivity index (χ0n) is 17.3. The van der Waals surface area contributed by atoms with Gasteiger partial charge in [0.25, 0.3) is 0 Å². The van der Waals surface area contributed by atoms with Crippen LogP contribution >= 0.6 is 11.3 Å². The van der Waals surface area contributed by atoms with Gasteiger partial charge < -0.3 is 10.1 Å². The Balaban J connectivity index is 1.35. The average molecular weight is 427 g/mol. The second kappa shape index (κ2) is 9.46. The number of benzene rings is 1. The van der Waals surface area contributed by atoms with Crippen LogP contribution in [0.2, 0.25) is 0 Å². The van der Waals surface area contributed by atoms with Gasteiger partial charge in [0.2, 0.25) is 11.0 Å². The molecule has 1 aliphatic rings. The molecule has 4 rings (SSSR count). The molecule has 0 atom stereocenters. The van der Waals surface area contributed by atoms with Crippen LogP contribution in [0.4, 0.5) is 5.13 Å². The first kappa shape index (κ1) is 20.6. The minimum absolute atomic E-state index is 0.107. The lowest BCUT2D eigenvalue weighted by Crippen LogP contribution is -2.37. The van der Waals surface area contributed by atoms with E-state index in [1.165, 1.54) is 11.3 Å². The summed E-state index contributed by atoms with van der Waals surface area (Å²) in [5.41, 5.74) is 3.75. The maximum atomic E-state index is 12.6. The van der Waals surface area contributed by atoms with Gasteiger partial charge in [-0.25, -0.2) is 4.68 Å². The standard InChI is InChI=1S/C21H26N6O2S/c1-15-18(16(2)27(25-15)17-6-4-3-5-7-17)14-19(28)22-21-24-23-20(30-21)8-9-26-10-12-29-13-11-26/h3-7H,8-14H2,1-2H3,(H,22,24,28). The maximum absolute atomic E-state index is 12.6. The van der Waals surface area contributed by atoms with Gasteiger partial charge >= 0.3 is 0 Å². The number of hydrogen-bond acceptors (Lipinski definition) is 7. The average Bonchev–Trinajstić information content (AvgIpc) is 3.33. The number of anilines is 1. The van der Waals surface area contributed by atoms with Crippen LogP contribution in [0.25, 0.3) is 5.69 Å². The Bertz CT molecular complexity index is 994. The Labute approximate surface area is 179 Å². The first-order chi connectivity index (χ1) is 14.6. The van der Waals surface area contributed by atoms with E-state index in [1.54, 1.807) is 0 Å². The van der Waals surface area contributed by atoms with E-state index in [4.69, 9.17) is 4.74 Å². The number of aryl methyl sites for hydroxylation is 1. The van der Waals surface area contributed by atoms with Gasteiger partial charge in [-0.1, -0.05) is 29.5 Å². The fraction of sp³-hybridized carbons (Fsp3) is 0.429. The quantitative estimate of drug-likeness (QED) is 0.624. The van der Waals surface area contributed by atoms with Crippen molar-refractivity contribution >= 4 is 22.4 Å². The molecule has 30 heavy (non-hydrogen) atoms. The first-order valence-corrected chi connectivity index (χ1v) is 10.9. The van der Waals surface area contributed by atoms with E-state index in [-0.39, 0.29) is 12.3 Å². The predicted molar refractivity (Wildman–Crippen MR) is 116 cm³/mol. The molecule has 0 unspecified atom stereocenters. The van der Waals surface area contributed by atoms with E-state index in [0.29, 0.717) is 5.13 Å². The summed E-state index contributed by atoms with van der Waals surface area (Å²) in [7, 11) is 0. The lowest BCUT2D eigenvalue weighted by atomic mass is 10.1. The van der Waals surface area contributed by atoms with E-state index >= 15 is 0 Å². The van der Waals surface area contributed by atoms with Crippen LogP contribution in [0, 0.1) is 13.8 Å². The number of aromatic nitrogens is 4. The fourth-order valence-electron chi connectivity index (χ4n) is 3.56. The van der Waals surface area contributed by atoms with Gasteiger partial charge in [0.05, 0.1) is 31.0 Å². The number of ether oxygens (including phenoxy) is 1. The number of carbonyl (C=O) groups excluding carboxylic acids is 1. The van der Waals surface area contributed by atoms with E-state index in [0.717, 1.165) is 66.9 Å². The van der Waals surface area contributed by atoms with E-state index < -0.39 is 0 Å². The number of morpholine rings is 1. The van der Waals surface area contributed by atoms with Crippen LogP contribution in [0.5, 0.6) is 0 Å². The normalized spacial score (nSPS) is 14.7. The van der Waals surface area contributed by atoms with Crippen LogP contribution in [-0.2, 0) is 22.4 Å². The number of amides is 1. The van der Waals surface area contributed by atoms with E-state index in [9.17, 15) is 4.79 Å². The van der Waals surface area contributed by atoms with Crippen molar-refractivity contribution in [3.8, 4) is 5.69 Å². The van der Waals surface area contributed by atoms with Crippen LogP contribution in [-0.4, -0.2) is 63.6 Å². The molecule has 0 bridgehead atoms. The third-order valence-corrected chi connectivity index (χ3v) is 6.14. The maximum Gasteiger partial charge on any atom is 0.230 e. The van der Waals surface area contributed by atoms with Gasteiger partial charge in [-0.2, -0.15) is 5.10 Å². The highest BCUT2D eigenvalue weighted by molar-refractivity contribution is 7.15. The number of nitrogens with one attached hydrogen (secondary N) is 1. The van der Waals surface area contributed by atoms with Crippen molar-refractivity contribution in [2.75, 3.05) is 38.2 Å².